The third-order valence-corrected chi connectivity index (χ3v) is 0.581. The summed E-state index contributed by atoms with van der Waals surface area (Å²) >= 11 is 0. The lowest BCUT2D eigenvalue weighted by Gasteiger charge is -1.68. The third kappa shape index (κ3) is 5.12. The lowest BCUT2D eigenvalue weighted by atomic mass is 10.4. The zero-order valence-electron chi connectivity index (χ0n) is 6.99. The summed E-state index contributed by atoms with van der Waals surface area (Å²) in [6, 6.07) is 0. The first-order chi connectivity index (χ1) is 4.77. The minimum absolute atomic E-state index is 0.488. The van der Waals surface area contributed by atoms with Crippen molar-refractivity contribution in [2.45, 2.75) is 26.6 Å². The van der Waals surface area contributed by atoms with Gasteiger partial charge in [-0.05, 0) is 6.88 Å². The molecule has 0 aromatic carbocycles. The Bertz CT molecular complexity index is 185. The molecule has 0 atom stereocenters. The fourth-order valence-corrected chi connectivity index (χ4v) is 0.283. The smallest absolute Gasteiger partial charge is 0.0702 e. The van der Waals surface area contributed by atoms with E-state index in [1.165, 1.54) is 0 Å². The van der Waals surface area contributed by atoms with E-state index in [1.807, 2.05) is 6.92 Å². The summed E-state index contributed by atoms with van der Waals surface area (Å²) in [7, 11) is 0. The summed E-state index contributed by atoms with van der Waals surface area (Å²) in [5.74, 6) is 10.7. The molecule has 0 saturated heterocycles. The van der Waals surface area contributed by atoms with Gasteiger partial charge in [0.1, 0.15) is 0 Å². The number of hydrogen-bond acceptors (Lipinski definition) is 0. The molecule has 42 valence electrons. The molecule has 0 aliphatic heterocycles. The molecule has 0 bridgehead atoms. The van der Waals surface area contributed by atoms with Gasteiger partial charge in [-0.2, -0.15) is 0 Å². The zero-order valence-corrected chi connectivity index (χ0v) is 4.99. The van der Waals surface area contributed by atoms with Crippen LogP contribution in [0.25, 0.3) is 0 Å². The van der Waals surface area contributed by atoms with E-state index in [2.05, 4.69) is 23.7 Å². The first-order valence-electron chi connectivity index (χ1n) is 3.71. The van der Waals surface area contributed by atoms with Crippen LogP contribution in [0.3, 0.4) is 0 Å². The maximum absolute atomic E-state index is 6.70. The van der Waals surface area contributed by atoms with Crippen molar-refractivity contribution in [3.8, 4) is 23.7 Å². The molecule has 0 saturated carbocycles. The Labute approximate surface area is 54.1 Å². The van der Waals surface area contributed by atoms with E-state index >= 15 is 0 Å². The molecule has 0 unspecified atom stereocenters. The molecule has 0 heteroatoms. The molecule has 0 aromatic heterocycles. The number of rotatable bonds is 0. The summed E-state index contributed by atoms with van der Waals surface area (Å²) in [5.41, 5.74) is 0. The highest BCUT2D eigenvalue weighted by molar-refractivity contribution is 5.09. The van der Waals surface area contributed by atoms with Gasteiger partial charge < -0.3 is 0 Å². The Morgan fingerprint density at radius 3 is 2.88 bits per heavy atom. The summed E-state index contributed by atoms with van der Waals surface area (Å²) < 4.78 is 13.4. The van der Waals surface area contributed by atoms with Gasteiger partial charge in [0.2, 0.25) is 0 Å². The van der Waals surface area contributed by atoms with Crippen molar-refractivity contribution >= 4 is 0 Å². The Balaban J connectivity index is 3.47. The van der Waals surface area contributed by atoms with E-state index in [9.17, 15) is 0 Å². The van der Waals surface area contributed by atoms with E-state index in [1.54, 1.807) is 0 Å². The minimum Gasteiger partial charge on any atom is -0.106 e. The van der Waals surface area contributed by atoms with Gasteiger partial charge in [0.05, 0.1) is 6.42 Å². The van der Waals surface area contributed by atoms with Crippen molar-refractivity contribution in [2.75, 3.05) is 0 Å². The van der Waals surface area contributed by atoms with Gasteiger partial charge in [0.25, 0.3) is 0 Å². The second-order valence-electron chi connectivity index (χ2n) is 1.20. The largest absolute Gasteiger partial charge is 0.106 e. The predicted octanol–water partition coefficient (Wildman–Crippen LogP) is 1.81. The van der Waals surface area contributed by atoms with Crippen LogP contribution >= 0.6 is 0 Å². The molecular weight excluding hydrogens is 96.1 g/mol. The normalized spacial score (nSPS) is 9.75. The van der Waals surface area contributed by atoms with E-state index in [0.717, 1.165) is 6.42 Å². The van der Waals surface area contributed by atoms with Gasteiger partial charge in [0, 0.05) is 9.16 Å². The summed E-state index contributed by atoms with van der Waals surface area (Å²) in [5, 5.41) is 0. The van der Waals surface area contributed by atoms with Crippen LogP contribution in [0, 0.1) is 23.7 Å². The maximum atomic E-state index is 6.70. The first-order valence-corrected chi connectivity index (χ1v) is 2.56. The number of hydrogen-bond donors (Lipinski definition) is 0. The van der Waals surface area contributed by atoms with Crippen LogP contribution in [0.15, 0.2) is 0 Å². The standard InChI is InChI=1S/C8H10/c1-3-5-7-8-6-4-2/h3,8H2,1-2H3/i2D2. The third-order valence-electron chi connectivity index (χ3n) is 0.581. The molecule has 0 radical (unpaired) electrons. The zero-order chi connectivity index (χ0) is 7.82. The lowest BCUT2D eigenvalue weighted by Crippen LogP contribution is -1.57. The van der Waals surface area contributed by atoms with Crippen molar-refractivity contribution in [1.29, 1.82) is 0 Å². The second kappa shape index (κ2) is 6.12. The summed E-state index contributed by atoms with van der Waals surface area (Å²) in [6.07, 6.45) is 1.33. The van der Waals surface area contributed by atoms with Crippen LogP contribution < -0.4 is 0 Å². The average molecular weight is 108 g/mol. The highest BCUT2D eigenvalue weighted by Gasteiger charge is 1.61. The monoisotopic (exact) mass is 108 g/mol. The Hall–Kier alpha value is -0.880. The van der Waals surface area contributed by atoms with Crippen molar-refractivity contribution in [3.05, 3.63) is 0 Å². The van der Waals surface area contributed by atoms with Crippen LogP contribution in [0.1, 0.15) is 29.4 Å². The van der Waals surface area contributed by atoms with Gasteiger partial charge in [-0.3, -0.25) is 0 Å². The fourth-order valence-electron chi connectivity index (χ4n) is 0.283. The van der Waals surface area contributed by atoms with Crippen LogP contribution in [0.4, 0.5) is 0 Å². The summed E-state index contributed by atoms with van der Waals surface area (Å²) in [6.45, 7) is 0.946. The van der Waals surface area contributed by atoms with E-state index in [0.29, 0.717) is 6.42 Å². The SMILES string of the molecule is [2H]C([2H])C#CCC#CCC. The van der Waals surface area contributed by atoms with Crippen molar-refractivity contribution in [1.82, 2.24) is 0 Å². The molecule has 0 rings (SSSR count). The summed E-state index contributed by atoms with van der Waals surface area (Å²) in [4.78, 5) is 0. The van der Waals surface area contributed by atoms with E-state index < -0.39 is 6.88 Å². The second-order valence-corrected chi connectivity index (χ2v) is 1.20. The topological polar surface area (TPSA) is 0 Å². The molecule has 0 nitrogen and oxygen atoms in total. The molecule has 0 N–H and O–H groups in total. The van der Waals surface area contributed by atoms with Gasteiger partial charge >= 0.3 is 0 Å². The maximum Gasteiger partial charge on any atom is 0.0702 e. The average Bonchev–Trinajstić information content (AvgIpc) is 1.87. The minimum atomic E-state index is -1.02. The van der Waals surface area contributed by atoms with Gasteiger partial charge in [0.15, 0.2) is 0 Å². The molecule has 0 aliphatic carbocycles. The molecule has 8 heavy (non-hydrogen) atoms. The lowest BCUT2D eigenvalue weighted by molar-refractivity contribution is 1.27. The molecule has 0 aromatic rings. The van der Waals surface area contributed by atoms with Gasteiger partial charge in [-0.25, -0.2) is 0 Å². The van der Waals surface area contributed by atoms with E-state index in [-0.39, 0.29) is 0 Å². The predicted molar refractivity (Wildman–Crippen MR) is 36.1 cm³/mol. The molecular formula is C8H10. The van der Waals surface area contributed by atoms with Crippen LogP contribution in [-0.4, -0.2) is 0 Å². The molecule has 0 spiro atoms. The molecule has 0 fully saturated rings. The molecule has 0 aliphatic rings. The molecule has 0 amide bonds. The Morgan fingerprint density at radius 2 is 2.25 bits per heavy atom. The Kier molecular flexibility index (Phi) is 3.09. The van der Waals surface area contributed by atoms with Gasteiger partial charge in [-0.15, -0.1) is 11.8 Å². The van der Waals surface area contributed by atoms with E-state index in [4.69, 9.17) is 2.74 Å². The highest BCUT2D eigenvalue weighted by Crippen LogP contribution is 1.71. The van der Waals surface area contributed by atoms with Crippen molar-refractivity contribution in [2.24, 2.45) is 0 Å². The Morgan fingerprint density at radius 1 is 1.38 bits per heavy atom. The first kappa shape index (κ1) is 4.04. The fraction of sp³-hybridized carbons (Fsp3) is 0.500. The van der Waals surface area contributed by atoms with Crippen LogP contribution in [0.5, 0.6) is 0 Å². The van der Waals surface area contributed by atoms with Crippen LogP contribution in [-0.2, 0) is 0 Å². The highest BCUT2D eigenvalue weighted by atomic mass is 13.7. The van der Waals surface area contributed by atoms with Crippen molar-refractivity contribution in [3.63, 3.8) is 0 Å². The van der Waals surface area contributed by atoms with Gasteiger partial charge in [-0.1, -0.05) is 18.8 Å². The quantitative estimate of drug-likeness (QED) is 0.415. The molecule has 0 heterocycles. The van der Waals surface area contributed by atoms with Crippen molar-refractivity contribution < 1.29 is 2.74 Å². The van der Waals surface area contributed by atoms with Crippen LogP contribution in [0.2, 0.25) is 0 Å².